The van der Waals surface area contributed by atoms with Gasteiger partial charge in [-0.1, -0.05) is 55.4 Å². The number of esters is 1. The second-order valence-corrected chi connectivity index (χ2v) is 11.9. The van der Waals surface area contributed by atoms with Crippen molar-refractivity contribution in [1.29, 1.82) is 0 Å². The van der Waals surface area contributed by atoms with Crippen molar-refractivity contribution in [2.24, 2.45) is 17.8 Å². The van der Waals surface area contributed by atoms with Crippen LogP contribution in [0.5, 0.6) is 0 Å². The summed E-state index contributed by atoms with van der Waals surface area (Å²) in [6, 6.07) is -1.53. The minimum absolute atomic E-state index is 0.00112. The summed E-state index contributed by atoms with van der Waals surface area (Å²) < 4.78 is 5.53. The number of ketones is 1. The number of fused-ring (bicyclic) bond motifs is 7. The van der Waals surface area contributed by atoms with Crippen molar-refractivity contribution in [3.63, 3.8) is 0 Å². The number of hydrogen-bond acceptors (Lipinski definition) is 8. The Kier molecular flexibility index (Phi) is 11.2. The van der Waals surface area contributed by atoms with Gasteiger partial charge in [0.1, 0.15) is 17.9 Å². The van der Waals surface area contributed by atoms with Gasteiger partial charge in [-0.2, -0.15) is 0 Å². The molecule has 2 aliphatic rings. The lowest BCUT2D eigenvalue weighted by molar-refractivity contribution is -0.151. The molecule has 1 fully saturated rings. The molecule has 8 nitrogen and oxygen atoms in total. The summed E-state index contributed by atoms with van der Waals surface area (Å²) >= 11 is 0. The van der Waals surface area contributed by atoms with Crippen molar-refractivity contribution in [3.05, 3.63) is 12.2 Å². The summed E-state index contributed by atoms with van der Waals surface area (Å²) in [6.07, 6.45) is 2.03. The van der Waals surface area contributed by atoms with Crippen molar-refractivity contribution in [2.75, 3.05) is 11.5 Å². The van der Waals surface area contributed by atoms with Gasteiger partial charge in [0.15, 0.2) is 0 Å². The lowest BCUT2D eigenvalue weighted by atomic mass is 9.88. The fraction of sp³-hybridized carbons (Fsp3) is 0.739. The topological polar surface area (TPSA) is 122 Å². The zero-order chi connectivity index (χ0) is 24.5. The number of carbonyl (C=O) groups excluding carboxylic acids is 4. The van der Waals surface area contributed by atoms with Crippen molar-refractivity contribution in [1.82, 2.24) is 10.6 Å². The van der Waals surface area contributed by atoms with Gasteiger partial charge in [-0.25, -0.2) is 0 Å². The molecule has 3 N–H and O–H groups in total. The lowest BCUT2D eigenvalue weighted by Gasteiger charge is -2.30. The third kappa shape index (κ3) is 8.98. The van der Waals surface area contributed by atoms with Gasteiger partial charge in [0.2, 0.25) is 11.8 Å². The number of rotatable bonds is 2. The Bertz CT molecular complexity index is 742. The molecule has 33 heavy (non-hydrogen) atoms. The first kappa shape index (κ1) is 27.7. The second-order valence-electron chi connectivity index (χ2n) is 9.26. The second kappa shape index (κ2) is 13.4. The highest BCUT2D eigenvalue weighted by atomic mass is 33.1. The smallest absolute Gasteiger partial charge is 0.309 e. The fourth-order valence-electron chi connectivity index (χ4n) is 3.82. The van der Waals surface area contributed by atoms with Crippen LogP contribution in [0, 0.1) is 17.8 Å². The average Bonchev–Trinajstić information content (AvgIpc) is 2.72. The van der Waals surface area contributed by atoms with Crippen LogP contribution in [0.25, 0.3) is 0 Å². The zero-order valence-corrected chi connectivity index (χ0v) is 21.4. The van der Waals surface area contributed by atoms with Crippen LogP contribution in [0.15, 0.2) is 12.2 Å². The fourth-order valence-corrected chi connectivity index (χ4v) is 5.98. The van der Waals surface area contributed by atoms with Gasteiger partial charge in [-0.15, -0.1) is 0 Å². The third-order valence-corrected chi connectivity index (χ3v) is 8.23. The highest BCUT2D eigenvalue weighted by Crippen LogP contribution is 2.25. The summed E-state index contributed by atoms with van der Waals surface area (Å²) in [5, 5.41) is 16.4. The van der Waals surface area contributed by atoms with Gasteiger partial charge >= 0.3 is 5.97 Å². The molecule has 0 spiro atoms. The van der Waals surface area contributed by atoms with Gasteiger partial charge in [-0.3, -0.25) is 19.2 Å². The minimum Gasteiger partial charge on any atom is -0.458 e. The Hall–Kier alpha value is -1.52. The predicted molar refractivity (Wildman–Crippen MR) is 130 cm³/mol. The normalized spacial score (nSPS) is 32.3. The van der Waals surface area contributed by atoms with E-state index in [1.54, 1.807) is 16.9 Å². The quantitative estimate of drug-likeness (QED) is 0.300. The molecule has 0 radical (unpaired) electrons. The molecule has 2 aliphatic heterocycles. The standard InChI is InChI=1S/C23H36N2O6S2/c1-13(2)17-10-15(26)9-16-7-5-6-8-32-33-12-18(24-22(17)29)23(30)25-21(14(3)4)19(27)11-20(28)31-16/h5,7,13-14,16-19,21,27H,6,8-12H2,1-4H3,(H,24,29)(H,25,30)/b7-5+/t16?,17-,18-,19+,21?/m1/s1. The van der Waals surface area contributed by atoms with E-state index in [0.29, 0.717) is 12.2 Å². The number of aliphatic hydroxyl groups excluding tert-OH is 1. The number of ether oxygens (including phenoxy) is 1. The van der Waals surface area contributed by atoms with Crippen molar-refractivity contribution in [3.8, 4) is 0 Å². The molecule has 2 heterocycles. The van der Waals surface area contributed by atoms with Crippen molar-refractivity contribution < 1.29 is 29.0 Å². The molecule has 186 valence electrons. The zero-order valence-electron chi connectivity index (χ0n) is 19.7. The number of aliphatic hydroxyl groups is 1. The van der Waals surface area contributed by atoms with Crippen LogP contribution in [-0.4, -0.2) is 64.5 Å². The first-order chi connectivity index (χ1) is 15.6. The molecule has 0 aromatic rings. The SMILES string of the molecule is CC(C)C1NC(=O)[C@H]2CSSCC/C=C/C(CC(=O)C[C@H](C(C)C)C(=O)N2)OC(=O)C[C@@H]1O. The summed E-state index contributed by atoms with van der Waals surface area (Å²) in [6.45, 7) is 7.40. The minimum atomic E-state index is -1.17. The molecule has 2 amide bonds. The predicted octanol–water partition coefficient (Wildman–Crippen LogP) is 2.25. The third-order valence-electron chi connectivity index (χ3n) is 5.79. The largest absolute Gasteiger partial charge is 0.458 e. The average molecular weight is 501 g/mol. The molecule has 0 aromatic heterocycles. The molecule has 1 saturated heterocycles. The molecular formula is C23H36N2O6S2. The maximum Gasteiger partial charge on any atom is 0.309 e. The highest BCUT2D eigenvalue weighted by Gasteiger charge is 2.34. The molecular weight excluding hydrogens is 464 g/mol. The number of carbonyl (C=O) groups is 4. The van der Waals surface area contributed by atoms with E-state index < -0.39 is 42.1 Å². The molecule has 0 aliphatic carbocycles. The summed E-state index contributed by atoms with van der Waals surface area (Å²) in [7, 11) is 3.07. The van der Waals surface area contributed by atoms with E-state index in [4.69, 9.17) is 4.74 Å². The Morgan fingerprint density at radius 1 is 0.970 bits per heavy atom. The van der Waals surface area contributed by atoms with E-state index in [9.17, 15) is 24.3 Å². The first-order valence-corrected chi connectivity index (χ1v) is 14.0. The van der Waals surface area contributed by atoms with Gasteiger partial charge in [-0.05, 0) is 24.3 Å². The van der Waals surface area contributed by atoms with Crippen molar-refractivity contribution >= 4 is 45.2 Å². The number of hydrogen-bond donors (Lipinski definition) is 3. The van der Waals surface area contributed by atoms with Crippen LogP contribution >= 0.6 is 21.6 Å². The van der Waals surface area contributed by atoms with E-state index in [-0.39, 0.29) is 42.8 Å². The molecule has 2 bridgehead atoms. The van der Waals surface area contributed by atoms with Crippen LogP contribution in [0.2, 0.25) is 0 Å². The monoisotopic (exact) mass is 500 g/mol. The van der Waals surface area contributed by atoms with Gasteiger partial charge in [0.25, 0.3) is 0 Å². The maximum atomic E-state index is 13.2. The van der Waals surface area contributed by atoms with E-state index >= 15 is 0 Å². The number of allylic oxidation sites excluding steroid dienone is 1. The van der Waals surface area contributed by atoms with Crippen LogP contribution in [0.3, 0.4) is 0 Å². The van der Waals surface area contributed by atoms with Gasteiger partial charge in [0, 0.05) is 30.3 Å². The molecule has 0 saturated carbocycles. The molecule has 2 rings (SSSR count). The summed E-state index contributed by atoms with van der Waals surface area (Å²) in [4.78, 5) is 51.7. The van der Waals surface area contributed by atoms with E-state index in [1.807, 2.05) is 33.8 Å². The van der Waals surface area contributed by atoms with Gasteiger partial charge in [0.05, 0.1) is 18.6 Å². The number of nitrogens with one attached hydrogen (secondary N) is 2. The van der Waals surface area contributed by atoms with Crippen molar-refractivity contribution in [2.45, 2.75) is 77.7 Å². The Labute approximate surface area is 203 Å². The summed E-state index contributed by atoms with van der Waals surface area (Å²) in [5.74, 6) is -1.37. The Balaban J connectivity index is 2.47. The van der Waals surface area contributed by atoms with E-state index in [2.05, 4.69) is 10.6 Å². The van der Waals surface area contributed by atoms with E-state index in [0.717, 1.165) is 5.75 Å². The molecule has 10 heteroatoms. The Morgan fingerprint density at radius 3 is 2.36 bits per heavy atom. The molecule has 5 atom stereocenters. The maximum absolute atomic E-state index is 13.2. The van der Waals surface area contributed by atoms with Crippen LogP contribution < -0.4 is 10.6 Å². The highest BCUT2D eigenvalue weighted by molar-refractivity contribution is 8.76. The van der Waals surface area contributed by atoms with Crippen LogP contribution in [0.1, 0.15) is 53.4 Å². The summed E-state index contributed by atoms with van der Waals surface area (Å²) in [5.41, 5.74) is 0. The number of amides is 2. The Morgan fingerprint density at radius 2 is 1.70 bits per heavy atom. The van der Waals surface area contributed by atoms with Gasteiger partial charge < -0.3 is 20.5 Å². The number of Topliss-reactive ketones (excluding diaryl/α,β-unsaturated/α-hetero) is 1. The molecule has 0 aromatic carbocycles. The van der Waals surface area contributed by atoms with E-state index in [1.165, 1.54) is 10.8 Å². The van der Waals surface area contributed by atoms with Crippen LogP contribution in [-0.2, 0) is 23.9 Å². The first-order valence-electron chi connectivity index (χ1n) is 11.5. The lowest BCUT2D eigenvalue weighted by Crippen LogP contribution is -2.56. The van der Waals surface area contributed by atoms with Crippen LogP contribution in [0.4, 0.5) is 0 Å². The molecule has 2 unspecified atom stereocenters.